The maximum absolute atomic E-state index is 5.61. The van der Waals surface area contributed by atoms with Crippen molar-refractivity contribution < 1.29 is 0 Å². The highest BCUT2D eigenvalue weighted by atomic mass is 32.1. The van der Waals surface area contributed by atoms with Crippen LogP contribution in [0.4, 0.5) is 10.9 Å². The fourth-order valence-corrected chi connectivity index (χ4v) is 2.19. The Morgan fingerprint density at radius 2 is 2.18 bits per heavy atom. The maximum atomic E-state index is 5.61. The molecule has 3 N–H and O–H groups in total. The number of anilines is 2. The van der Waals surface area contributed by atoms with E-state index >= 15 is 0 Å². The normalized spacial score (nSPS) is 10.2. The van der Waals surface area contributed by atoms with Crippen LogP contribution in [0, 0.1) is 13.8 Å². The monoisotopic (exact) mass is 264 g/mol. The molecule has 2 rings (SSSR count). The molecule has 2 heterocycles. The topological polar surface area (TPSA) is 63.8 Å². The summed E-state index contributed by atoms with van der Waals surface area (Å²) in [6.45, 7) is 3.91. The van der Waals surface area contributed by atoms with Crippen molar-refractivity contribution >= 4 is 39.5 Å². The molecule has 0 aliphatic carbocycles. The van der Waals surface area contributed by atoms with Crippen LogP contribution in [0.2, 0.25) is 0 Å². The number of nitrogens with one attached hydrogen (secondary N) is 1. The molecule has 2 aromatic heterocycles. The molecule has 0 atom stereocenters. The second kappa shape index (κ2) is 4.77. The minimum atomic E-state index is 0.369. The number of nitrogens with zero attached hydrogens (tertiary/aromatic N) is 2. The second-order valence-electron chi connectivity index (χ2n) is 3.65. The van der Waals surface area contributed by atoms with Crippen LogP contribution in [0.5, 0.6) is 0 Å². The van der Waals surface area contributed by atoms with Gasteiger partial charge in [0.2, 0.25) is 0 Å². The van der Waals surface area contributed by atoms with E-state index in [0.29, 0.717) is 10.8 Å². The first-order valence-electron chi connectivity index (χ1n) is 5.02. The highest BCUT2D eigenvalue weighted by Gasteiger charge is 2.04. The Morgan fingerprint density at radius 3 is 2.76 bits per heavy atom. The van der Waals surface area contributed by atoms with Crippen LogP contribution >= 0.6 is 23.6 Å². The van der Waals surface area contributed by atoms with Gasteiger partial charge in [-0.05, 0) is 26.0 Å². The van der Waals surface area contributed by atoms with Crippen LogP contribution in [0.1, 0.15) is 16.1 Å². The van der Waals surface area contributed by atoms with Gasteiger partial charge in [0.15, 0.2) is 5.13 Å². The number of hydrogen-bond donors (Lipinski definition) is 2. The summed E-state index contributed by atoms with van der Waals surface area (Å²) in [6.07, 6.45) is 1.82. The average molecular weight is 264 g/mol. The van der Waals surface area contributed by atoms with Gasteiger partial charge in [-0.2, -0.15) is 0 Å². The fourth-order valence-electron chi connectivity index (χ4n) is 1.40. The summed E-state index contributed by atoms with van der Waals surface area (Å²) in [5.41, 5.74) is 7.29. The first kappa shape index (κ1) is 11.9. The summed E-state index contributed by atoms with van der Waals surface area (Å²) >= 11 is 6.54. The molecule has 0 saturated carbocycles. The molecule has 0 bridgehead atoms. The zero-order chi connectivity index (χ0) is 12.4. The van der Waals surface area contributed by atoms with Gasteiger partial charge in [-0.3, -0.25) is 0 Å². The number of thiocarbonyl (C=S) groups is 1. The Balaban J connectivity index is 2.29. The number of nitrogens with two attached hydrogens (primary N) is 1. The summed E-state index contributed by atoms with van der Waals surface area (Å²) in [4.78, 5) is 10.1. The Hall–Kier alpha value is -1.53. The smallest absolute Gasteiger partial charge is 0.188 e. The average Bonchev–Trinajstić information content (AvgIpc) is 2.63. The molecule has 6 heteroatoms. The Morgan fingerprint density at radius 1 is 1.41 bits per heavy atom. The minimum absolute atomic E-state index is 0.369. The SMILES string of the molecule is Cc1cc(C(N)=S)cc(Nc2ncc(C)s2)n1. The van der Waals surface area contributed by atoms with E-state index in [9.17, 15) is 0 Å². The molecule has 0 fully saturated rings. The van der Waals surface area contributed by atoms with Crippen LogP contribution in [0.25, 0.3) is 0 Å². The maximum Gasteiger partial charge on any atom is 0.188 e. The van der Waals surface area contributed by atoms with Gasteiger partial charge in [0.25, 0.3) is 0 Å². The molecule has 0 saturated heterocycles. The van der Waals surface area contributed by atoms with Gasteiger partial charge in [-0.15, -0.1) is 11.3 Å². The number of hydrogen-bond acceptors (Lipinski definition) is 5. The van der Waals surface area contributed by atoms with Gasteiger partial charge in [0, 0.05) is 22.3 Å². The van der Waals surface area contributed by atoms with E-state index in [1.165, 1.54) is 0 Å². The van der Waals surface area contributed by atoms with Crippen LogP contribution in [0.3, 0.4) is 0 Å². The van der Waals surface area contributed by atoms with Crippen molar-refractivity contribution in [1.29, 1.82) is 0 Å². The molecule has 0 aromatic carbocycles. The van der Waals surface area contributed by atoms with E-state index < -0.39 is 0 Å². The predicted molar refractivity (Wildman–Crippen MR) is 75.0 cm³/mol. The lowest BCUT2D eigenvalue weighted by Gasteiger charge is -2.06. The Kier molecular flexibility index (Phi) is 3.35. The quantitative estimate of drug-likeness (QED) is 0.834. The largest absolute Gasteiger partial charge is 0.389 e. The molecular formula is C11H12N4S2. The molecule has 0 aliphatic heterocycles. The number of thiazole rings is 1. The van der Waals surface area contributed by atoms with E-state index in [0.717, 1.165) is 21.3 Å². The lowest BCUT2D eigenvalue weighted by Crippen LogP contribution is -2.10. The molecule has 2 aromatic rings. The van der Waals surface area contributed by atoms with Gasteiger partial charge >= 0.3 is 0 Å². The molecule has 0 unspecified atom stereocenters. The van der Waals surface area contributed by atoms with E-state index in [4.69, 9.17) is 18.0 Å². The second-order valence-corrected chi connectivity index (χ2v) is 5.32. The third-order valence-corrected chi connectivity index (χ3v) is 3.16. The molecule has 0 amide bonds. The van der Waals surface area contributed by atoms with Crippen LogP contribution < -0.4 is 11.1 Å². The van der Waals surface area contributed by atoms with Gasteiger partial charge in [-0.25, -0.2) is 9.97 Å². The van der Waals surface area contributed by atoms with Crippen LogP contribution in [-0.4, -0.2) is 15.0 Å². The van der Waals surface area contributed by atoms with Gasteiger partial charge in [0.05, 0.1) is 0 Å². The molecule has 88 valence electrons. The van der Waals surface area contributed by atoms with Crippen molar-refractivity contribution in [2.24, 2.45) is 5.73 Å². The van der Waals surface area contributed by atoms with Crippen LogP contribution in [-0.2, 0) is 0 Å². The Labute approximate surface area is 109 Å². The fraction of sp³-hybridized carbons (Fsp3) is 0.182. The van der Waals surface area contributed by atoms with Crippen molar-refractivity contribution in [2.75, 3.05) is 5.32 Å². The lowest BCUT2D eigenvalue weighted by molar-refractivity contribution is 1.19. The summed E-state index contributed by atoms with van der Waals surface area (Å²) in [5, 5.41) is 3.96. The van der Waals surface area contributed by atoms with E-state index in [1.54, 1.807) is 11.3 Å². The van der Waals surface area contributed by atoms with Gasteiger partial charge in [0.1, 0.15) is 10.8 Å². The van der Waals surface area contributed by atoms with Gasteiger partial charge in [-0.1, -0.05) is 12.2 Å². The van der Waals surface area contributed by atoms with E-state index in [-0.39, 0.29) is 0 Å². The highest BCUT2D eigenvalue weighted by Crippen LogP contribution is 2.21. The van der Waals surface area contributed by atoms with E-state index in [2.05, 4.69) is 15.3 Å². The van der Waals surface area contributed by atoms with Crippen molar-refractivity contribution in [3.8, 4) is 0 Å². The molecule has 17 heavy (non-hydrogen) atoms. The zero-order valence-electron chi connectivity index (χ0n) is 9.52. The Bertz CT molecular complexity index is 562. The molecule has 0 radical (unpaired) electrons. The lowest BCUT2D eigenvalue weighted by atomic mass is 10.2. The molecule has 4 nitrogen and oxygen atoms in total. The molecule has 0 spiro atoms. The summed E-state index contributed by atoms with van der Waals surface area (Å²) in [5.74, 6) is 0.710. The van der Waals surface area contributed by atoms with Gasteiger partial charge < -0.3 is 11.1 Å². The minimum Gasteiger partial charge on any atom is -0.389 e. The third kappa shape index (κ3) is 2.98. The highest BCUT2D eigenvalue weighted by molar-refractivity contribution is 7.80. The van der Waals surface area contributed by atoms with Crippen molar-refractivity contribution in [2.45, 2.75) is 13.8 Å². The van der Waals surface area contributed by atoms with Crippen molar-refractivity contribution in [3.63, 3.8) is 0 Å². The van der Waals surface area contributed by atoms with Crippen LogP contribution in [0.15, 0.2) is 18.3 Å². The third-order valence-electron chi connectivity index (χ3n) is 2.09. The molecular weight excluding hydrogens is 252 g/mol. The first-order valence-corrected chi connectivity index (χ1v) is 6.25. The molecule has 0 aliphatic rings. The number of aryl methyl sites for hydroxylation is 2. The van der Waals surface area contributed by atoms with Crippen molar-refractivity contribution in [1.82, 2.24) is 9.97 Å². The first-order chi connectivity index (χ1) is 8.04. The summed E-state index contributed by atoms with van der Waals surface area (Å²) < 4.78 is 0. The number of rotatable bonds is 3. The summed E-state index contributed by atoms with van der Waals surface area (Å²) in [7, 11) is 0. The number of pyridine rings is 1. The zero-order valence-corrected chi connectivity index (χ0v) is 11.2. The predicted octanol–water partition coefficient (Wildman–Crippen LogP) is 2.53. The standard InChI is InChI=1S/C11H12N4S2/c1-6-3-8(10(12)16)4-9(14-6)15-11-13-5-7(2)17-11/h3-5H,1-2H3,(H2,12,16)(H,13,14,15). The van der Waals surface area contributed by atoms with E-state index in [1.807, 2.05) is 32.2 Å². The van der Waals surface area contributed by atoms with Crippen molar-refractivity contribution in [3.05, 3.63) is 34.5 Å². The summed E-state index contributed by atoms with van der Waals surface area (Å²) in [6, 6.07) is 3.69. The number of aromatic nitrogens is 2.